The average Bonchev–Trinajstić information content (AvgIpc) is 3.52. The van der Waals surface area contributed by atoms with Gasteiger partial charge in [0.1, 0.15) is 0 Å². The summed E-state index contributed by atoms with van der Waals surface area (Å²) < 4.78 is 7.17. The maximum Gasteiger partial charge on any atom is 0.259 e. The molecule has 35 heavy (non-hydrogen) atoms. The number of methoxy groups -OCH3 is 1. The molecule has 3 heterocycles. The topological polar surface area (TPSA) is 83.5 Å². The summed E-state index contributed by atoms with van der Waals surface area (Å²) in [6, 6.07) is 4.25. The lowest BCUT2D eigenvalue weighted by Crippen LogP contribution is -2.49. The SMILES string of the molecule is C.COCCCCN1CCN(C(=O)c2cc3c(cc2C)[nH]c(=O)c2cnn(C4CCCC4)c23)CC1. The van der Waals surface area contributed by atoms with Crippen LogP contribution in [-0.2, 0) is 4.74 Å². The number of piperazine rings is 1. The third-order valence-electron chi connectivity index (χ3n) is 7.54. The summed E-state index contributed by atoms with van der Waals surface area (Å²) in [7, 11) is 1.74. The van der Waals surface area contributed by atoms with E-state index in [-0.39, 0.29) is 18.9 Å². The number of aromatic nitrogens is 3. The molecule has 0 atom stereocenters. The van der Waals surface area contributed by atoms with Crippen LogP contribution in [0.4, 0.5) is 0 Å². The lowest BCUT2D eigenvalue weighted by molar-refractivity contribution is 0.0632. The Balaban J connectivity index is 0.00000289. The average molecular weight is 482 g/mol. The number of aryl methyl sites for hydroxylation is 1. The minimum Gasteiger partial charge on any atom is -0.385 e. The number of nitrogens with one attached hydrogen (secondary N) is 1. The summed E-state index contributed by atoms with van der Waals surface area (Å²) in [4.78, 5) is 33.7. The maximum absolute atomic E-state index is 13.5. The Morgan fingerprint density at radius 2 is 1.86 bits per heavy atom. The number of amides is 1. The number of carbonyl (C=O) groups is 1. The zero-order valence-electron chi connectivity index (χ0n) is 20.3. The van der Waals surface area contributed by atoms with Crippen LogP contribution in [0.25, 0.3) is 21.8 Å². The van der Waals surface area contributed by atoms with Gasteiger partial charge in [-0.05, 0) is 56.8 Å². The Morgan fingerprint density at radius 1 is 1.11 bits per heavy atom. The number of benzene rings is 1. The molecule has 1 saturated heterocycles. The monoisotopic (exact) mass is 481 g/mol. The van der Waals surface area contributed by atoms with Crippen molar-refractivity contribution in [2.75, 3.05) is 46.4 Å². The van der Waals surface area contributed by atoms with Gasteiger partial charge >= 0.3 is 0 Å². The third-order valence-corrected chi connectivity index (χ3v) is 7.54. The molecule has 190 valence electrons. The second-order valence-electron chi connectivity index (χ2n) is 9.79. The first-order valence-electron chi connectivity index (χ1n) is 12.6. The Kier molecular flexibility index (Phi) is 7.91. The Labute approximate surface area is 207 Å². The van der Waals surface area contributed by atoms with Gasteiger partial charge in [-0.3, -0.25) is 19.2 Å². The second-order valence-corrected chi connectivity index (χ2v) is 9.79. The van der Waals surface area contributed by atoms with Gasteiger partial charge in [-0.15, -0.1) is 0 Å². The molecule has 1 aliphatic carbocycles. The van der Waals surface area contributed by atoms with Gasteiger partial charge in [-0.1, -0.05) is 20.3 Å². The van der Waals surface area contributed by atoms with E-state index in [0.29, 0.717) is 17.0 Å². The summed E-state index contributed by atoms with van der Waals surface area (Å²) >= 11 is 0. The standard InChI is InChI=1S/C26H35N5O3.CH4/c1-18-15-23-21(24-22(25(32)28-23)17-27-31(24)19-7-3-4-8-19)16-20(18)26(33)30-12-10-29(11-13-30)9-5-6-14-34-2;/h15-17,19H,3-14H2,1-2H3,(H,28,32);1H4. The molecular formula is C27H39N5O3. The van der Waals surface area contributed by atoms with Crippen LogP contribution >= 0.6 is 0 Å². The van der Waals surface area contributed by atoms with Crippen molar-refractivity contribution in [2.45, 2.75) is 58.9 Å². The number of fused-ring (bicyclic) bond motifs is 3. The molecule has 0 spiro atoms. The first-order valence-corrected chi connectivity index (χ1v) is 12.6. The molecule has 2 fully saturated rings. The van der Waals surface area contributed by atoms with E-state index in [4.69, 9.17) is 4.74 Å². The number of nitrogens with zero attached hydrogens (tertiary/aromatic N) is 4. The minimum absolute atomic E-state index is 0. The van der Waals surface area contributed by atoms with Crippen LogP contribution in [0.3, 0.4) is 0 Å². The van der Waals surface area contributed by atoms with Crippen LogP contribution < -0.4 is 5.56 Å². The number of aromatic amines is 1. The van der Waals surface area contributed by atoms with Crippen LogP contribution in [0.15, 0.2) is 23.1 Å². The van der Waals surface area contributed by atoms with Crippen molar-refractivity contribution in [1.29, 1.82) is 0 Å². The number of ether oxygens (including phenoxy) is 1. The lowest BCUT2D eigenvalue weighted by atomic mass is 10.0. The number of pyridine rings is 1. The number of H-pyrrole nitrogens is 1. The molecule has 1 aromatic carbocycles. The van der Waals surface area contributed by atoms with Crippen LogP contribution in [0, 0.1) is 6.92 Å². The summed E-state index contributed by atoms with van der Waals surface area (Å²) in [6.45, 7) is 7.09. The number of hydrogen-bond donors (Lipinski definition) is 1. The molecule has 1 saturated carbocycles. The Bertz CT molecular complexity index is 1230. The van der Waals surface area contributed by atoms with E-state index in [0.717, 1.165) is 87.0 Å². The first-order chi connectivity index (χ1) is 16.6. The number of hydrogen-bond acceptors (Lipinski definition) is 5. The van der Waals surface area contributed by atoms with Crippen molar-refractivity contribution in [1.82, 2.24) is 24.6 Å². The van der Waals surface area contributed by atoms with Gasteiger partial charge in [0.2, 0.25) is 0 Å². The highest BCUT2D eigenvalue weighted by Gasteiger charge is 2.25. The Hall–Kier alpha value is -2.71. The van der Waals surface area contributed by atoms with E-state index in [1.807, 2.05) is 28.6 Å². The van der Waals surface area contributed by atoms with Gasteiger partial charge in [-0.2, -0.15) is 5.10 Å². The largest absolute Gasteiger partial charge is 0.385 e. The van der Waals surface area contributed by atoms with E-state index in [2.05, 4.69) is 15.0 Å². The Morgan fingerprint density at radius 3 is 2.57 bits per heavy atom. The molecule has 3 aromatic rings. The van der Waals surface area contributed by atoms with Crippen molar-refractivity contribution in [3.63, 3.8) is 0 Å². The molecule has 0 unspecified atom stereocenters. The summed E-state index contributed by atoms with van der Waals surface area (Å²) in [6.07, 6.45) is 8.41. The van der Waals surface area contributed by atoms with Gasteiger partial charge in [0.25, 0.3) is 11.5 Å². The van der Waals surface area contributed by atoms with Crippen molar-refractivity contribution in [2.24, 2.45) is 0 Å². The zero-order valence-corrected chi connectivity index (χ0v) is 20.3. The van der Waals surface area contributed by atoms with Gasteiger partial charge in [-0.25, -0.2) is 0 Å². The smallest absolute Gasteiger partial charge is 0.259 e. The van der Waals surface area contributed by atoms with E-state index in [1.165, 1.54) is 12.8 Å². The van der Waals surface area contributed by atoms with Gasteiger partial charge in [0, 0.05) is 50.8 Å². The minimum atomic E-state index is -0.119. The molecular weight excluding hydrogens is 442 g/mol. The summed E-state index contributed by atoms with van der Waals surface area (Å²) in [5.74, 6) is 0.0738. The molecule has 5 rings (SSSR count). The van der Waals surface area contributed by atoms with Gasteiger partial charge in [0.05, 0.1) is 28.7 Å². The molecule has 0 bridgehead atoms. The van der Waals surface area contributed by atoms with Gasteiger partial charge in [0.15, 0.2) is 0 Å². The van der Waals surface area contributed by atoms with Crippen LogP contribution in [0.2, 0.25) is 0 Å². The number of carbonyl (C=O) groups excluding carboxylic acids is 1. The van der Waals surface area contributed by atoms with Crippen molar-refractivity contribution in [3.05, 3.63) is 39.8 Å². The molecule has 2 aromatic heterocycles. The second kappa shape index (κ2) is 10.9. The highest BCUT2D eigenvalue weighted by molar-refractivity contribution is 6.07. The fourth-order valence-corrected chi connectivity index (χ4v) is 5.58. The van der Waals surface area contributed by atoms with Crippen LogP contribution in [0.5, 0.6) is 0 Å². The van der Waals surface area contributed by atoms with E-state index in [9.17, 15) is 9.59 Å². The first kappa shape index (κ1) is 25.4. The molecule has 0 radical (unpaired) electrons. The molecule has 2 aliphatic rings. The lowest BCUT2D eigenvalue weighted by Gasteiger charge is -2.35. The van der Waals surface area contributed by atoms with E-state index in [1.54, 1.807) is 13.3 Å². The zero-order chi connectivity index (χ0) is 23.7. The number of unbranched alkanes of at least 4 members (excludes halogenated alkanes) is 1. The predicted molar refractivity (Wildman–Crippen MR) is 140 cm³/mol. The quantitative estimate of drug-likeness (QED) is 0.513. The molecule has 8 heteroatoms. The van der Waals surface area contributed by atoms with Gasteiger partial charge < -0.3 is 14.6 Å². The maximum atomic E-state index is 13.5. The highest BCUT2D eigenvalue weighted by atomic mass is 16.5. The van der Waals surface area contributed by atoms with Crippen LogP contribution in [-0.4, -0.2) is 76.9 Å². The third kappa shape index (κ3) is 5.00. The molecule has 1 aliphatic heterocycles. The van der Waals surface area contributed by atoms with E-state index >= 15 is 0 Å². The molecule has 1 amide bonds. The summed E-state index contributed by atoms with van der Waals surface area (Å²) in [5.41, 5.74) is 3.12. The van der Waals surface area contributed by atoms with Crippen molar-refractivity contribution < 1.29 is 9.53 Å². The normalized spacial score (nSPS) is 17.4. The fourth-order valence-electron chi connectivity index (χ4n) is 5.58. The van der Waals surface area contributed by atoms with Crippen LogP contribution in [0.1, 0.15) is 67.9 Å². The highest BCUT2D eigenvalue weighted by Crippen LogP contribution is 2.34. The van der Waals surface area contributed by atoms with Crippen molar-refractivity contribution >= 4 is 27.7 Å². The fraction of sp³-hybridized carbons (Fsp3) is 0.593. The predicted octanol–water partition coefficient (Wildman–Crippen LogP) is 4.12. The van der Waals surface area contributed by atoms with Crippen molar-refractivity contribution in [3.8, 4) is 0 Å². The summed E-state index contributed by atoms with van der Waals surface area (Å²) in [5, 5.41) is 6.12. The number of rotatable bonds is 7. The molecule has 1 N–H and O–H groups in total. The molecule has 8 nitrogen and oxygen atoms in total. The van der Waals surface area contributed by atoms with E-state index < -0.39 is 0 Å².